The standard InChI is InChI=1S/C18H19ClF3N3O6/c1-5-29-13-11(31-16-17(4,19)15(23-24-16)18(20,21)22)7-6-10(25(27)28)12(13)14(26)30-8-9(2)3/h6-7,9H,5,8H2,1-4H3. The number of nitro groups is 1. The van der Waals surface area contributed by atoms with Gasteiger partial charge in [-0.3, -0.25) is 10.1 Å². The van der Waals surface area contributed by atoms with Crippen LogP contribution in [-0.2, 0) is 4.74 Å². The number of hydrogen-bond donors (Lipinski definition) is 0. The third kappa shape index (κ3) is 5.24. The Labute approximate surface area is 180 Å². The summed E-state index contributed by atoms with van der Waals surface area (Å²) in [5, 5.41) is 17.8. The average molecular weight is 466 g/mol. The van der Waals surface area contributed by atoms with Gasteiger partial charge in [-0.2, -0.15) is 13.2 Å². The fourth-order valence-corrected chi connectivity index (χ4v) is 2.73. The highest BCUT2D eigenvalue weighted by Crippen LogP contribution is 2.41. The Morgan fingerprint density at radius 3 is 2.45 bits per heavy atom. The van der Waals surface area contributed by atoms with Gasteiger partial charge in [-0.1, -0.05) is 13.8 Å². The van der Waals surface area contributed by atoms with Crippen LogP contribution in [0.25, 0.3) is 0 Å². The minimum absolute atomic E-state index is 0.0259. The zero-order chi connectivity index (χ0) is 23.6. The summed E-state index contributed by atoms with van der Waals surface area (Å²) in [4.78, 5) is 20.9. The molecule has 9 nitrogen and oxygen atoms in total. The Bertz CT molecular complexity index is 944. The van der Waals surface area contributed by atoms with Crippen molar-refractivity contribution in [2.24, 2.45) is 16.1 Å². The Balaban J connectivity index is 2.51. The SMILES string of the molecule is CCOc1c(OC2=NN=C(C(F)(F)F)C2(C)Cl)ccc([N+](=O)[O-])c1C(=O)OCC(C)C. The molecule has 0 aromatic heterocycles. The van der Waals surface area contributed by atoms with Gasteiger partial charge < -0.3 is 14.2 Å². The topological polar surface area (TPSA) is 113 Å². The summed E-state index contributed by atoms with van der Waals surface area (Å²) in [6.07, 6.45) is -4.87. The molecule has 0 fully saturated rings. The molecule has 1 aliphatic heterocycles. The molecule has 0 spiro atoms. The number of halogens is 4. The third-order valence-electron chi connectivity index (χ3n) is 3.90. The van der Waals surface area contributed by atoms with E-state index >= 15 is 0 Å². The highest BCUT2D eigenvalue weighted by atomic mass is 35.5. The van der Waals surface area contributed by atoms with E-state index in [0.29, 0.717) is 0 Å². The first-order valence-corrected chi connectivity index (χ1v) is 9.40. The maximum atomic E-state index is 13.1. The van der Waals surface area contributed by atoms with Gasteiger partial charge in [0.2, 0.25) is 5.90 Å². The molecule has 1 atom stereocenters. The van der Waals surface area contributed by atoms with Gasteiger partial charge in [-0.15, -0.1) is 21.8 Å². The molecule has 2 rings (SSSR count). The van der Waals surface area contributed by atoms with Crippen LogP contribution in [-0.4, -0.2) is 46.8 Å². The Kier molecular flexibility index (Phi) is 7.14. The molecule has 0 radical (unpaired) electrons. The van der Waals surface area contributed by atoms with Crippen LogP contribution in [0.15, 0.2) is 22.3 Å². The molecule has 1 unspecified atom stereocenters. The lowest BCUT2D eigenvalue weighted by Gasteiger charge is -2.22. The number of benzene rings is 1. The summed E-state index contributed by atoms with van der Waals surface area (Å²) in [6.45, 7) is 5.98. The minimum Gasteiger partial charge on any atom is -0.489 e. The molecule has 0 saturated heterocycles. The molecule has 1 aliphatic rings. The lowest BCUT2D eigenvalue weighted by molar-refractivity contribution is -0.385. The van der Waals surface area contributed by atoms with Crippen molar-refractivity contribution in [3.05, 3.63) is 27.8 Å². The predicted molar refractivity (Wildman–Crippen MR) is 105 cm³/mol. The number of nitrogens with zero attached hydrogens (tertiary/aromatic N) is 3. The van der Waals surface area contributed by atoms with Crippen molar-refractivity contribution >= 4 is 34.9 Å². The van der Waals surface area contributed by atoms with E-state index in [1.807, 2.05) is 0 Å². The van der Waals surface area contributed by atoms with E-state index in [2.05, 4.69) is 10.2 Å². The Hall–Kier alpha value is -2.89. The normalized spacial score (nSPS) is 18.5. The lowest BCUT2D eigenvalue weighted by atomic mass is 10.0. The van der Waals surface area contributed by atoms with Crippen molar-refractivity contribution in [1.82, 2.24) is 0 Å². The van der Waals surface area contributed by atoms with Crippen molar-refractivity contribution < 1.29 is 37.1 Å². The van der Waals surface area contributed by atoms with E-state index in [9.17, 15) is 28.1 Å². The third-order valence-corrected chi connectivity index (χ3v) is 4.24. The summed E-state index contributed by atoms with van der Waals surface area (Å²) < 4.78 is 55.2. The minimum atomic E-state index is -4.87. The molecule has 0 N–H and O–H groups in total. The second-order valence-electron chi connectivity index (χ2n) is 6.93. The van der Waals surface area contributed by atoms with Gasteiger partial charge in [0, 0.05) is 6.07 Å². The van der Waals surface area contributed by atoms with E-state index in [1.165, 1.54) is 6.92 Å². The first kappa shape index (κ1) is 24.4. The van der Waals surface area contributed by atoms with Crippen molar-refractivity contribution in [2.45, 2.75) is 38.7 Å². The number of carbonyl (C=O) groups excluding carboxylic acids is 1. The number of esters is 1. The number of carbonyl (C=O) groups is 1. The second kappa shape index (κ2) is 9.08. The molecule has 31 heavy (non-hydrogen) atoms. The van der Waals surface area contributed by atoms with Crippen LogP contribution in [0.1, 0.15) is 38.1 Å². The van der Waals surface area contributed by atoms with Crippen LogP contribution in [0.5, 0.6) is 11.5 Å². The van der Waals surface area contributed by atoms with Crippen LogP contribution >= 0.6 is 11.6 Å². The Morgan fingerprint density at radius 2 is 1.97 bits per heavy atom. The van der Waals surface area contributed by atoms with E-state index < -0.39 is 44.8 Å². The van der Waals surface area contributed by atoms with Gasteiger partial charge in [0.15, 0.2) is 27.6 Å². The van der Waals surface area contributed by atoms with Gasteiger partial charge in [-0.25, -0.2) is 4.79 Å². The number of alkyl halides is 4. The van der Waals surface area contributed by atoms with Crippen LogP contribution in [0, 0.1) is 16.0 Å². The van der Waals surface area contributed by atoms with Crippen molar-refractivity contribution in [3.8, 4) is 11.5 Å². The summed E-state index contributed by atoms with van der Waals surface area (Å²) in [6, 6.07) is 2.00. The molecular formula is C18H19ClF3N3O6. The molecule has 170 valence electrons. The monoisotopic (exact) mass is 465 g/mol. The zero-order valence-electron chi connectivity index (χ0n) is 16.9. The summed E-state index contributed by atoms with van der Waals surface area (Å²) in [5.41, 5.74) is -2.57. The lowest BCUT2D eigenvalue weighted by Crippen LogP contribution is -2.45. The summed E-state index contributed by atoms with van der Waals surface area (Å²) in [7, 11) is 0. The van der Waals surface area contributed by atoms with Crippen molar-refractivity contribution in [2.75, 3.05) is 13.2 Å². The molecule has 0 bridgehead atoms. The number of rotatable bonds is 7. The number of ether oxygens (including phenoxy) is 3. The highest BCUT2D eigenvalue weighted by molar-refractivity contribution is 6.49. The highest BCUT2D eigenvalue weighted by Gasteiger charge is 2.54. The van der Waals surface area contributed by atoms with Gasteiger partial charge in [0.1, 0.15) is 0 Å². The molecular weight excluding hydrogens is 447 g/mol. The van der Waals surface area contributed by atoms with Gasteiger partial charge in [0.05, 0.1) is 18.1 Å². The fourth-order valence-electron chi connectivity index (χ4n) is 2.51. The van der Waals surface area contributed by atoms with E-state index in [0.717, 1.165) is 19.1 Å². The van der Waals surface area contributed by atoms with E-state index in [1.54, 1.807) is 13.8 Å². The van der Waals surface area contributed by atoms with Crippen LogP contribution in [0.3, 0.4) is 0 Å². The Morgan fingerprint density at radius 1 is 1.32 bits per heavy atom. The first-order valence-electron chi connectivity index (χ1n) is 9.02. The maximum absolute atomic E-state index is 13.1. The number of hydrogen-bond acceptors (Lipinski definition) is 8. The average Bonchev–Trinajstić information content (AvgIpc) is 2.94. The fraction of sp³-hybridized carbons (Fsp3) is 0.500. The maximum Gasteiger partial charge on any atom is 0.433 e. The van der Waals surface area contributed by atoms with Crippen LogP contribution < -0.4 is 9.47 Å². The van der Waals surface area contributed by atoms with E-state index in [4.69, 9.17) is 25.8 Å². The quantitative estimate of drug-likeness (QED) is 0.253. The van der Waals surface area contributed by atoms with Gasteiger partial charge in [0.25, 0.3) is 5.69 Å². The smallest absolute Gasteiger partial charge is 0.433 e. The first-order chi connectivity index (χ1) is 14.3. The molecule has 0 saturated carbocycles. The van der Waals surface area contributed by atoms with E-state index in [-0.39, 0.29) is 30.6 Å². The van der Waals surface area contributed by atoms with Crippen molar-refractivity contribution in [3.63, 3.8) is 0 Å². The molecule has 1 aromatic carbocycles. The van der Waals surface area contributed by atoms with Gasteiger partial charge >= 0.3 is 12.1 Å². The van der Waals surface area contributed by atoms with Gasteiger partial charge in [-0.05, 0) is 25.8 Å². The van der Waals surface area contributed by atoms with Crippen LogP contribution in [0.2, 0.25) is 0 Å². The molecule has 0 aliphatic carbocycles. The molecule has 1 heterocycles. The largest absolute Gasteiger partial charge is 0.489 e. The predicted octanol–water partition coefficient (Wildman–Crippen LogP) is 4.51. The zero-order valence-corrected chi connectivity index (χ0v) is 17.7. The molecule has 1 aromatic rings. The summed E-state index contributed by atoms with van der Waals surface area (Å²) in [5.74, 6) is -2.45. The molecule has 13 heteroatoms. The summed E-state index contributed by atoms with van der Waals surface area (Å²) >= 11 is 5.98. The van der Waals surface area contributed by atoms with Crippen LogP contribution in [0.4, 0.5) is 18.9 Å². The van der Waals surface area contributed by atoms with Crippen molar-refractivity contribution in [1.29, 1.82) is 0 Å². The number of nitro benzene ring substituents is 1. The second-order valence-corrected chi connectivity index (χ2v) is 7.68. The molecule has 0 amide bonds.